The van der Waals surface area contributed by atoms with Crippen molar-refractivity contribution < 1.29 is 0 Å². The van der Waals surface area contributed by atoms with E-state index in [4.69, 9.17) is 5.73 Å². The summed E-state index contributed by atoms with van der Waals surface area (Å²) < 4.78 is 0. The Bertz CT molecular complexity index is 420. The Balaban J connectivity index is 0.00000400. The third-order valence-corrected chi connectivity index (χ3v) is 3.25. The molecule has 0 amide bonds. The molecule has 0 heterocycles. The number of guanidine groups is 1. The van der Waals surface area contributed by atoms with Gasteiger partial charge in [0.15, 0.2) is 5.96 Å². The molecule has 0 atom stereocenters. The lowest BCUT2D eigenvalue weighted by molar-refractivity contribution is 0.345. The standard InChI is InChI=1S/C16H28N4.HI/c1-4-6-10-18-16(17)19-12-14-8-7-9-15(11-14)13-20(3)5-2;/h7-9,11H,4-6,10,12-13H2,1-3H3,(H3,17,18,19);1H. The molecule has 1 rings (SSSR count). The van der Waals surface area contributed by atoms with Gasteiger partial charge in [-0.05, 0) is 31.1 Å². The predicted molar refractivity (Wildman–Crippen MR) is 102 cm³/mol. The van der Waals surface area contributed by atoms with Crippen molar-refractivity contribution in [2.45, 2.75) is 39.8 Å². The van der Waals surface area contributed by atoms with Crippen molar-refractivity contribution in [2.75, 3.05) is 20.1 Å². The fourth-order valence-electron chi connectivity index (χ4n) is 1.88. The Hall–Kier alpha value is -0.820. The van der Waals surface area contributed by atoms with Crippen molar-refractivity contribution in [2.24, 2.45) is 10.7 Å². The van der Waals surface area contributed by atoms with Gasteiger partial charge in [-0.1, -0.05) is 44.5 Å². The number of rotatable bonds is 8. The Morgan fingerprint density at radius 1 is 1.29 bits per heavy atom. The van der Waals surface area contributed by atoms with Crippen LogP contribution < -0.4 is 11.1 Å². The predicted octanol–water partition coefficient (Wildman–Crippen LogP) is 2.96. The first-order valence-corrected chi connectivity index (χ1v) is 7.45. The fourth-order valence-corrected chi connectivity index (χ4v) is 1.88. The minimum atomic E-state index is 0. The molecule has 1 aromatic rings. The Morgan fingerprint density at radius 2 is 2.00 bits per heavy atom. The summed E-state index contributed by atoms with van der Waals surface area (Å²) >= 11 is 0. The van der Waals surface area contributed by atoms with E-state index in [1.807, 2.05) is 0 Å². The third kappa shape index (κ3) is 8.93. The first-order valence-electron chi connectivity index (χ1n) is 7.45. The molecule has 0 aromatic heterocycles. The summed E-state index contributed by atoms with van der Waals surface area (Å²) in [5.74, 6) is 0.537. The Morgan fingerprint density at radius 3 is 2.67 bits per heavy atom. The number of nitrogens with two attached hydrogens (primary N) is 1. The number of aliphatic imine (C=N–C) groups is 1. The molecular weight excluding hydrogens is 375 g/mol. The number of nitrogens with one attached hydrogen (secondary N) is 1. The quantitative estimate of drug-likeness (QED) is 0.303. The molecule has 1 aromatic carbocycles. The molecule has 0 aliphatic heterocycles. The molecule has 0 bridgehead atoms. The van der Waals surface area contributed by atoms with E-state index >= 15 is 0 Å². The van der Waals surface area contributed by atoms with Crippen LogP contribution in [0.1, 0.15) is 37.8 Å². The number of hydrogen-bond acceptors (Lipinski definition) is 2. The highest BCUT2D eigenvalue weighted by Gasteiger charge is 1.99. The van der Waals surface area contributed by atoms with Gasteiger partial charge in [0.05, 0.1) is 6.54 Å². The SMILES string of the molecule is CCCCNC(N)=NCc1cccc(CN(C)CC)c1.I. The summed E-state index contributed by atoms with van der Waals surface area (Å²) in [6.45, 7) is 7.88. The molecule has 0 radical (unpaired) electrons. The molecular formula is C16H29IN4. The van der Waals surface area contributed by atoms with Gasteiger partial charge >= 0.3 is 0 Å². The van der Waals surface area contributed by atoms with Gasteiger partial charge in [0, 0.05) is 13.1 Å². The van der Waals surface area contributed by atoms with Gasteiger partial charge in [0.1, 0.15) is 0 Å². The summed E-state index contributed by atoms with van der Waals surface area (Å²) in [4.78, 5) is 6.66. The first kappa shape index (κ1) is 20.2. The second-order valence-corrected chi connectivity index (χ2v) is 5.13. The molecule has 5 heteroatoms. The summed E-state index contributed by atoms with van der Waals surface area (Å²) in [5.41, 5.74) is 8.35. The van der Waals surface area contributed by atoms with Gasteiger partial charge in [0.25, 0.3) is 0 Å². The number of hydrogen-bond donors (Lipinski definition) is 2. The average Bonchev–Trinajstić information content (AvgIpc) is 2.45. The molecule has 0 aliphatic rings. The summed E-state index contributed by atoms with van der Waals surface area (Å²) in [5, 5.41) is 3.13. The molecule has 0 fully saturated rings. The van der Waals surface area contributed by atoms with Gasteiger partial charge in [-0.3, -0.25) is 0 Å². The summed E-state index contributed by atoms with van der Waals surface area (Å²) in [7, 11) is 2.13. The molecule has 21 heavy (non-hydrogen) atoms. The molecule has 0 saturated heterocycles. The number of halogens is 1. The van der Waals surface area contributed by atoms with Crippen LogP contribution in [-0.4, -0.2) is 31.0 Å². The monoisotopic (exact) mass is 404 g/mol. The number of benzene rings is 1. The van der Waals surface area contributed by atoms with Crippen LogP contribution in [0, 0.1) is 0 Å². The zero-order chi connectivity index (χ0) is 14.8. The second kappa shape index (κ2) is 11.8. The van der Waals surface area contributed by atoms with Crippen molar-refractivity contribution in [3.05, 3.63) is 35.4 Å². The van der Waals surface area contributed by atoms with Crippen molar-refractivity contribution in [1.29, 1.82) is 0 Å². The van der Waals surface area contributed by atoms with E-state index in [0.29, 0.717) is 12.5 Å². The number of unbranched alkanes of at least 4 members (excludes halogenated alkanes) is 1. The van der Waals surface area contributed by atoms with E-state index in [0.717, 1.165) is 32.5 Å². The molecule has 0 unspecified atom stereocenters. The van der Waals surface area contributed by atoms with E-state index in [1.54, 1.807) is 0 Å². The molecule has 4 nitrogen and oxygen atoms in total. The van der Waals surface area contributed by atoms with Crippen LogP contribution in [0.15, 0.2) is 29.3 Å². The van der Waals surface area contributed by atoms with Crippen LogP contribution in [0.3, 0.4) is 0 Å². The number of nitrogens with zero attached hydrogens (tertiary/aromatic N) is 2. The van der Waals surface area contributed by atoms with Crippen LogP contribution in [0.25, 0.3) is 0 Å². The molecule has 0 saturated carbocycles. The van der Waals surface area contributed by atoms with E-state index in [2.05, 4.69) is 60.4 Å². The van der Waals surface area contributed by atoms with Crippen LogP contribution in [0.2, 0.25) is 0 Å². The smallest absolute Gasteiger partial charge is 0.188 e. The lowest BCUT2D eigenvalue weighted by atomic mass is 10.1. The fraction of sp³-hybridized carbons (Fsp3) is 0.562. The van der Waals surface area contributed by atoms with Crippen molar-refractivity contribution in [1.82, 2.24) is 10.2 Å². The van der Waals surface area contributed by atoms with E-state index in [-0.39, 0.29) is 24.0 Å². The molecule has 0 aliphatic carbocycles. The van der Waals surface area contributed by atoms with Crippen LogP contribution >= 0.6 is 24.0 Å². The zero-order valence-electron chi connectivity index (χ0n) is 13.4. The minimum Gasteiger partial charge on any atom is -0.370 e. The highest BCUT2D eigenvalue weighted by atomic mass is 127. The normalized spacial score (nSPS) is 11.3. The highest BCUT2D eigenvalue weighted by Crippen LogP contribution is 2.08. The van der Waals surface area contributed by atoms with Crippen molar-refractivity contribution in [3.8, 4) is 0 Å². The Labute approximate surface area is 146 Å². The zero-order valence-corrected chi connectivity index (χ0v) is 15.8. The largest absolute Gasteiger partial charge is 0.370 e. The lowest BCUT2D eigenvalue weighted by Crippen LogP contribution is -2.32. The summed E-state index contributed by atoms with van der Waals surface area (Å²) in [6, 6.07) is 8.54. The summed E-state index contributed by atoms with van der Waals surface area (Å²) in [6.07, 6.45) is 2.28. The van der Waals surface area contributed by atoms with Crippen molar-refractivity contribution in [3.63, 3.8) is 0 Å². The van der Waals surface area contributed by atoms with E-state index in [1.165, 1.54) is 11.1 Å². The maximum absolute atomic E-state index is 5.83. The minimum absolute atomic E-state index is 0. The second-order valence-electron chi connectivity index (χ2n) is 5.13. The van der Waals surface area contributed by atoms with Gasteiger partial charge in [0.2, 0.25) is 0 Å². The topological polar surface area (TPSA) is 53.6 Å². The highest BCUT2D eigenvalue weighted by molar-refractivity contribution is 14.0. The van der Waals surface area contributed by atoms with Gasteiger partial charge in [-0.15, -0.1) is 24.0 Å². The molecule has 0 spiro atoms. The lowest BCUT2D eigenvalue weighted by Gasteiger charge is -2.14. The van der Waals surface area contributed by atoms with Gasteiger partial charge in [-0.25, -0.2) is 4.99 Å². The van der Waals surface area contributed by atoms with Crippen LogP contribution in [0.4, 0.5) is 0 Å². The van der Waals surface area contributed by atoms with E-state index < -0.39 is 0 Å². The third-order valence-electron chi connectivity index (χ3n) is 3.25. The van der Waals surface area contributed by atoms with Gasteiger partial charge in [-0.2, -0.15) is 0 Å². The van der Waals surface area contributed by atoms with Crippen molar-refractivity contribution >= 4 is 29.9 Å². The first-order chi connectivity index (χ1) is 9.65. The Kier molecular flexibility index (Phi) is 11.3. The maximum atomic E-state index is 5.83. The van der Waals surface area contributed by atoms with Crippen LogP contribution in [0.5, 0.6) is 0 Å². The van der Waals surface area contributed by atoms with Crippen LogP contribution in [-0.2, 0) is 13.1 Å². The molecule has 120 valence electrons. The van der Waals surface area contributed by atoms with E-state index in [9.17, 15) is 0 Å². The molecule has 3 N–H and O–H groups in total. The average molecular weight is 404 g/mol. The maximum Gasteiger partial charge on any atom is 0.188 e. The van der Waals surface area contributed by atoms with Gasteiger partial charge < -0.3 is 16.0 Å².